The topological polar surface area (TPSA) is 15.3 Å². The second-order valence-corrected chi connectivity index (χ2v) is 10.7. The van der Waals surface area contributed by atoms with Gasteiger partial charge in [-0.3, -0.25) is 0 Å². The molecule has 0 fully saturated rings. The number of hydrogen-bond acceptors (Lipinski definition) is 2. The Morgan fingerprint density at radius 1 is 0.357 bits per heavy atom. The van der Waals surface area contributed by atoms with Crippen LogP contribution in [-0.2, 0) is 0 Å². The van der Waals surface area contributed by atoms with Gasteiger partial charge in [-0.25, -0.2) is 0 Å². The lowest BCUT2D eigenvalue weighted by Gasteiger charge is -2.33. The van der Waals surface area contributed by atoms with Gasteiger partial charge in [0.1, 0.15) is 0 Å². The summed E-state index contributed by atoms with van der Waals surface area (Å²) >= 11 is 0. The van der Waals surface area contributed by atoms with E-state index in [2.05, 4.69) is 168 Å². The number of nitrogens with zero attached hydrogens (tertiary/aromatic N) is 1. The molecule has 1 aliphatic rings. The van der Waals surface area contributed by atoms with E-state index < -0.39 is 0 Å². The molecule has 7 aromatic rings. The normalized spacial score (nSPS) is 11.8. The van der Waals surface area contributed by atoms with Crippen LogP contribution in [0.1, 0.15) is 0 Å². The molecule has 0 saturated heterocycles. The summed E-state index contributed by atoms with van der Waals surface area (Å²) in [4.78, 5) is 2.39. The fourth-order valence-corrected chi connectivity index (χ4v) is 6.21. The molecule has 2 heteroatoms. The van der Waals surface area contributed by atoms with Gasteiger partial charge in [0.05, 0.1) is 11.4 Å². The molecule has 7 aromatic carbocycles. The maximum Gasteiger partial charge on any atom is 0.0546 e. The molecule has 0 unspecified atom stereocenters. The van der Waals surface area contributed by atoms with Crippen LogP contribution in [-0.4, -0.2) is 0 Å². The molecule has 0 spiro atoms. The molecule has 2 nitrogen and oxygen atoms in total. The number of fused-ring (bicyclic) bond motifs is 2. The second-order valence-electron chi connectivity index (χ2n) is 10.7. The predicted octanol–water partition coefficient (Wildman–Crippen LogP) is 11.4. The van der Waals surface area contributed by atoms with E-state index in [4.69, 9.17) is 0 Å². The van der Waals surface area contributed by atoms with E-state index in [1.807, 2.05) is 6.07 Å². The summed E-state index contributed by atoms with van der Waals surface area (Å²) in [5.74, 6) is 0. The Kier molecular flexibility index (Phi) is 5.82. The van der Waals surface area contributed by atoms with Crippen LogP contribution in [0.2, 0.25) is 0 Å². The zero-order valence-corrected chi connectivity index (χ0v) is 23.0. The quantitative estimate of drug-likeness (QED) is 0.235. The number of benzene rings is 7. The van der Waals surface area contributed by atoms with Crippen LogP contribution in [0.15, 0.2) is 164 Å². The molecular formula is C40H28N2. The van der Waals surface area contributed by atoms with Gasteiger partial charge >= 0.3 is 0 Å². The molecule has 0 radical (unpaired) electrons. The van der Waals surface area contributed by atoms with E-state index in [1.54, 1.807) is 0 Å². The molecule has 0 aliphatic carbocycles. The third-order valence-corrected chi connectivity index (χ3v) is 8.19. The zero-order chi connectivity index (χ0) is 27.9. The minimum atomic E-state index is 1.07. The summed E-state index contributed by atoms with van der Waals surface area (Å²) in [6.07, 6.45) is 0. The van der Waals surface area contributed by atoms with E-state index in [9.17, 15) is 0 Å². The van der Waals surface area contributed by atoms with E-state index >= 15 is 0 Å². The summed E-state index contributed by atoms with van der Waals surface area (Å²) < 4.78 is 0. The smallest absolute Gasteiger partial charge is 0.0546 e. The molecule has 0 atom stereocenters. The highest BCUT2D eigenvalue weighted by molar-refractivity contribution is 6.17. The van der Waals surface area contributed by atoms with Gasteiger partial charge in [0.25, 0.3) is 0 Å². The standard InChI is InChI=1S/C40H28N2/c1-3-10-28(11-4-1)29-18-22-31(23-19-29)41-32-24-20-30(21-25-32)34-26-27-37-35-14-7-8-16-38(35)42(33-12-5-2-6-13-33)39-17-9-15-36(34)40(37)39/h1-27,41H. The van der Waals surface area contributed by atoms with Crippen LogP contribution >= 0.6 is 0 Å². The Labute approximate surface area is 246 Å². The molecule has 0 aromatic heterocycles. The lowest BCUT2D eigenvalue weighted by molar-refractivity contribution is 1.28. The Bertz CT molecular complexity index is 2030. The first-order valence-corrected chi connectivity index (χ1v) is 14.4. The molecule has 1 aliphatic heterocycles. The number of nitrogens with one attached hydrogen (secondary N) is 1. The lowest BCUT2D eigenvalue weighted by atomic mass is 9.87. The molecule has 8 rings (SSSR count). The Morgan fingerprint density at radius 3 is 1.67 bits per heavy atom. The Balaban J connectivity index is 1.15. The molecule has 42 heavy (non-hydrogen) atoms. The molecular weight excluding hydrogens is 508 g/mol. The van der Waals surface area contributed by atoms with E-state index in [0.29, 0.717) is 0 Å². The van der Waals surface area contributed by atoms with Gasteiger partial charge in [-0.1, -0.05) is 115 Å². The number of anilines is 5. The number of rotatable bonds is 5. The van der Waals surface area contributed by atoms with Crippen molar-refractivity contribution in [1.29, 1.82) is 0 Å². The minimum Gasteiger partial charge on any atom is -0.356 e. The van der Waals surface area contributed by atoms with Gasteiger partial charge in [-0.2, -0.15) is 0 Å². The first kappa shape index (κ1) is 24.2. The van der Waals surface area contributed by atoms with Crippen LogP contribution in [0.5, 0.6) is 0 Å². The maximum atomic E-state index is 3.56. The average Bonchev–Trinajstić information content (AvgIpc) is 3.07. The number of para-hydroxylation sites is 2. The molecule has 0 bridgehead atoms. The van der Waals surface area contributed by atoms with Crippen LogP contribution in [0.3, 0.4) is 0 Å². The Morgan fingerprint density at radius 2 is 0.929 bits per heavy atom. The molecule has 1 heterocycles. The van der Waals surface area contributed by atoms with Crippen molar-refractivity contribution in [3.63, 3.8) is 0 Å². The van der Waals surface area contributed by atoms with E-state index in [-0.39, 0.29) is 0 Å². The third-order valence-electron chi connectivity index (χ3n) is 8.19. The van der Waals surface area contributed by atoms with Crippen LogP contribution < -0.4 is 10.2 Å². The fraction of sp³-hybridized carbons (Fsp3) is 0. The molecule has 198 valence electrons. The van der Waals surface area contributed by atoms with E-state index in [1.165, 1.54) is 61.2 Å². The minimum absolute atomic E-state index is 1.07. The van der Waals surface area contributed by atoms with Gasteiger partial charge < -0.3 is 10.2 Å². The molecule has 0 amide bonds. The first-order valence-electron chi connectivity index (χ1n) is 14.4. The van der Waals surface area contributed by atoms with Crippen molar-refractivity contribution in [1.82, 2.24) is 0 Å². The van der Waals surface area contributed by atoms with Crippen LogP contribution in [0, 0.1) is 0 Å². The average molecular weight is 537 g/mol. The van der Waals surface area contributed by atoms with Crippen molar-refractivity contribution in [2.24, 2.45) is 0 Å². The second kappa shape index (κ2) is 10.1. The van der Waals surface area contributed by atoms with Crippen molar-refractivity contribution < 1.29 is 0 Å². The van der Waals surface area contributed by atoms with Gasteiger partial charge in [-0.15, -0.1) is 0 Å². The van der Waals surface area contributed by atoms with Crippen LogP contribution in [0.25, 0.3) is 44.2 Å². The highest BCUT2D eigenvalue weighted by Crippen LogP contribution is 2.52. The van der Waals surface area contributed by atoms with Crippen molar-refractivity contribution in [2.45, 2.75) is 0 Å². The van der Waals surface area contributed by atoms with Crippen molar-refractivity contribution >= 4 is 39.2 Å². The fourth-order valence-electron chi connectivity index (χ4n) is 6.21. The zero-order valence-electron chi connectivity index (χ0n) is 23.0. The van der Waals surface area contributed by atoms with Gasteiger partial charge in [0, 0.05) is 28.0 Å². The molecule has 1 N–H and O–H groups in total. The summed E-state index contributed by atoms with van der Waals surface area (Å²) in [6, 6.07) is 58.5. The summed E-state index contributed by atoms with van der Waals surface area (Å²) in [6.45, 7) is 0. The SMILES string of the molecule is c1ccc(-c2ccc(Nc3ccc(-c4ccc5c6c(cccc46)N(c4ccccc4)c4ccccc4-5)cc3)cc2)cc1. The van der Waals surface area contributed by atoms with Gasteiger partial charge in [0.15, 0.2) is 0 Å². The highest BCUT2D eigenvalue weighted by Gasteiger charge is 2.26. The third kappa shape index (κ3) is 4.13. The summed E-state index contributed by atoms with van der Waals surface area (Å²) in [7, 11) is 0. The van der Waals surface area contributed by atoms with Crippen LogP contribution in [0.4, 0.5) is 28.4 Å². The molecule has 0 saturated carbocycles. The van der Waals surface area contributed by atoms with Crippen molar-refractivity contribution in [3.05, 3.63) is 164 Å². The van der Waals surface area contributed by atoms with E-state index in [0.717, 1.165) is 11.4 Å². The first-order chi connectivity index (χ1) is 20.8. The summed E-state index contributed by atoms with van der Waals surface area (Å²) in [5.41, 5.74) is 13.2. The van der Waals surface area contributed by atoms with Crippen molar-refractivity contribution in [2.75, 3.05) is 10.2 Å². The summed E-state index contributed by atoms with van der Waals surface area (Å²) in [5, 5.41) is 6.11. The van der Waals surface area contributed by atoms with Gasteiger partial charge in [-0.05, 0) is 81.7 Å². The Hall–Kier alpha value is -5.60. The number of hydrogen-bond donors (Lipinski definition) is 1. The monoisotopic (exact) mass is 536 g/mol. The van der Waals surface area contributed by atoms with Gasteiger partial charge in [0.2, 0.25) is 0 Å². The van der Waals surface area contributed by atoms with Crippen molar-refractivity contribution in [3.8, 4) is 33.4 Å². The largest absolute Gasteiger partial charge is 0.356 e. The maximum absolute atomic E-state index is 3.56. The predicted molar refractivity (Wildman–Crippen MR) is 178 cm³/mol. The lowest BCUT2D eigenvalue weighted by Crippen LogP contribution is -2.14. The highest BCUT2D eigenvalue weighted by atomic mass is 15.2.